The first kappa shape index (κ1) is 22.3. The minimum atomic E-state index is 0.000444. The first-order valence-electron chi connectivity index (χ1n) is 11.1. The summed E-state index contributed by atoms with van der Waals surface area (Å²) in [5, 5.41) is 16.5. The largest absolute Gasteiger partial charge is 0.355 e. The fourth-order valence-electron chi connectivity index (χ4n) is 4.15. The van der Waals surface area contributed by atoms with E-state index in [1.165, 1.54) is 19.3 Å². The monoisotopic (exact) mass is 450 g/mol. The summed E-state index contributed by atoms with van der Waals surface area (Å²) >= 11 is 1.66. The van der Waals surface area contributed by atoms with Crippen molar-refractivity contribution in [1.29, 1.82) is 0 Å². The smallest absolute Gasteiger partial charge is 0.224 e. The molecule has 3 aromatic rings. The molecule has 1 N–H and O–H groups in total. The fraction of sp³-hybridized carbons (Fsp3) is 0.417. The number of aromatic nitrogens is 4. The Balaban J connectivity index is 1.41. The van der Waals surface area contributed by atoms with Gasteiger partial charge in [-0.2, -0.15) is 5.10 Å². The highest BCUT2D eigenvalue weighted by Crippen LogP contribution is 2.22. The second-order valence-corrected chi connectivity index (χ2v) is 9.02. The van der Waals surface area contributed by atoms with E-state index in [1.807, 2.05) is 61.2 Å². The van der Waals surface area contributed by atoms with Gasteiger partial charge in [-0.3, -0.25) is 4.79 Å². The molecule has 0 bridgehead atoms. The Morgan fingerprint density at radius 2 is 1.81 bits per heavy atom. The highest BCUT2D eigenvalue weighted by Gasteiger charge is 2.17. The van der Waals surface area contributed by atoms with Gasteiger partial charge in [0.1, 0.15) is 0 Å². The summed E-state index contributed by atoms with van der Waals surface area (Å²) in [4.78, 5) is 15.9. The lowest BCUT2D eigenvalue weighted by atomic mass is 10.1. The molecule has 32 heavy (non-hydrogen) atoms. The van der Waals surface area contributed by atoms with E-state index in [0.29, 0.717) is 18.7 Å². The minimum Gasteiger partial charge on any atom is -0.355 e. The van der Waals surface area contributed by atoms with Crippen LogP contribution in [0.15, 0.2) is 41.3 Å². The van der Waals surface area contributed by atoms with Crippen molar-refractivity contribution in [3.63, 3.8) is 0 Å². The molecule has 0 radical (unpaired) electrons. The molecule has 1 fully saturated rings. The van der Waals surface area contributed by atoms with Crippen LogP contribution in [0, 0.1) is 13.8 Å². The minimum absolute atomic E-state index is 0.000444. The molecule has 3 heterocycles. The van der Waals surface area contributed by atoms with Crippen molar-refractivity contribution in [3.8, 4) is 5.82 Å². The van der Waals surface area contributed by atoms with Crippen molar-refractivity contribution in [2.45, 2.75) is 50.8 Å². The molecule has 0 aliphatic carbocycles. The summed E-state index contributed by atoms with van der Waals surface area (Å²) in [6.45, 7) is 6.09. The number of piperidine rings is 1. The van der Waals surface area contributed by atoms with Gasteiger partial charge >= 0.3 is 0 Å². The number of amides is 1. The van der Waals surface area contributed by atoms with Gasteiger partial charge in [-0.15, -0.1) is 22.0 Å². The van der Waals surface area contributed by atoms with Crippen molar-refractivity contribution in [3.05, 3.63) is 53.3 Å². The molecular formula is C24H30N6OS. The van der Waals surface area contributed by atoms with Crippen LogP contribution < -0.4 is 10.2 Å². The Labute approximate surface area is 193 Å². The molecule has 7 nitrogen and oxygen atoms in total. The van der Waals surface area contributed by atoms with E-state index in [-0.39, 0.29) is 5.91 Å². The van der Waals surface area contributed by atoms with Crippen LogP contribution in [-0.4, -0.2) is 45.2 Å². The van der Waals surface area contributed by atoms with Gasteiger partial charge in [0.05, 0.1) is 5.69 Å². The molecule has 1 amide bonds. The van der Waals surface area contributed by atoms with E-state index in [0.717, 1.165) is 46.4 Å². The Bertz CT molecular complexity index is 1070. The summed E-state index contributed by atoms with van der Waals surface area (Å²) < 4.78 is 1.83. The SMILES string of the molecule is CSc1cccc(NC(=O)CCc2c(C)nn(-c3ccc(N4CCCCC4)nn3)c2C)c1. The second kappa shape index (κ2) is 10.2. The highest BCUT2D eigenvalue weighted by atomic mass is 32.2. The van der Waals surface area contributed by atoms with Crippen LogP contribution in [-0.2, 0) is 11.2 Å². The lowest BCUT2D eigenvalue weighted by Gasteiger charge is -2.27. The van der Waals surface area contributed by atoms with Crippen LogP contribution in [0.4, 0.5) is 11.5 Å². The molecule has 1 aliphatic rings. The van der Waals surface area contributed by atoms with E-state index >= 15 is 0 Å². The molecular weight excluding hydrogens is 420 g/mol. The van der Waals surface area contributed by atoms with Crippen molar-refractivity contribution < 1.29 is 4.79 Å². The van der Waals surface area contributed by atoms with E-state index in [2.05, 4.69) is 25.5 Å². The third kappa shape index (κ3) is 5.12. The molecule has 0 unspecified atom stereocenters. The first-order chi connectivity index (χ1) is 15.5. The van der Waals surface area contributed by atoms with Gasteiger partial charge in [0, 0.05) is 35.8 Å². The van der Waals surface area contributed by atoms with Gasteiger partial charge in [-0.05, 0) is 81.7 Å². The predicted molar refractivity (Wildman–Crippen MR) is 130 cm³/mol. The fourth-order valence-corrected chi connectivity index (χ4v) is 4.60. The number of carbonyl (C=O) groups is 1. The van der Waals surface area contributed by atoms with E-state index < -0.39 is 0 Å². The lowest BCUT2D eigenvalue weighted by Crippen LogP contribution is -2.30. The molecule has 0 spiro atoms. The van der Waals surface area contributed by atoms with Gasteiger partial charge in [-0.25, -0.2) is 4.68 Å². The number of benzene rings is 1. The standard InChI is InChI=1S/C24H30N6OS/c1-17-21(10-13-24(31)25-19-8-7-9-20(16-19)32-3)18(2)30(28-17)23-12-11-22(26-27-23)29-14-5-4-6-15-29/h7-9,11-12,16H,4-6,10,13-15H2,1-3H3,(H,25,31). The quantitative estimate of drug-likeness (QED) is 0.532. The summed E-state index contributed by atoms with van der Waals surface area (Å²) in [5.74, 6) is 1.63. The van der Waals surface area contributed by atoms with Gasteiger partial charge in [0.2, 0.25) is 5.91 Å². The Morgan fingerprint density at radius 3 is 2.53 bits per heavy atom. The summed E-state index contributed by atoms with van der Waals surface area (Å²) in [7, 11) is 0. The van der Waals surface area contributed by atoms with E-state index in [4.69, 9.17) is 0 Å². The Kier molecular flexibility index (Phi) is 7.09. The molecule has 4 rings (SSSR count). The summed E-state index contributed by atoms with van der Waals surface area (Å²) in [6.07, 6.45) is 6.76. The average molecular weight is 451 g/mol. The van der Waals surface area contributed by atoms with Crippen LogP contribution >= 0.6 is 11.8 Å². The van der Waals surface area contributed by atoms with Gasteiger partial charge in [0.25, 0.3) is 0 Å². The predicted octanol–water partition coefficient (Wildman–Crippen LogP) is 4.56. The summed E-state index contributed by atoms with van der Waals surface area (Å²) in [5.41, 5.74) is 3.83. The van der Waals surface area contributed by atoms with Crippen LogP contribution in [0.5, 0.6) is 0 Å². The van der Waals surface area contributed by atoms with Crippen molar-refractivity contribution in [2.24, 2.45) is 0 Å². The number of hydrogen-bond donors (Lipinski definition) is 1. The van der Waals surface area contributed by atoms with Crippen molar-refractivity contribution >= 4 is 29.2 Å². The number of thioether (sulfide) groups is 1. The number of aryl methyl sites for hydroxylation is 1. The number of anilines is 2. The third-order valence-corrected chi connectivity index (χ3v) is 6.66. The topological polar surface area (TPSA) is 75.9 Å². The molecule has 1 aromatic carbocycles. The maximum absolute atomic E-state index is 12.5. The Morgan fingerprint density at radius 1 is 1.06 bits per heavy atom. The molecule has 0 saturated carbocycles. The summed E-state index contributed by atoms with van der Waals surface area (Å²) in [6, 6.07) is 11.9. The normalized spacial score (nSPS) is 13.9. The van der Waals surface area contributed by atoms with Gasteiger partial charge < -0.3 is 10.2 Å². The third-order valence-electron chi connectivity index (χ3n) is 5.93. The molecule has 2 aromatic heterocycles. The van der Waals surface area contributed by atoms with Crippen molar-refractivity contribution in [2.75, 3.05) is 29.6 Å². The number of nitrogens with one attached hydrogen (secondary N) is 1. The molecule has 1 aliphatic heterocycles. The second-order valence-electron chi connectivity index (χ2n) is 8.14. The van der Waals surface area contributed by atoms with Gasteiger partial charge in [-0.1, -0.05) is 6.07 Å². The molecule has 1 saturated heterocycles. The van der Waals surface area contributed by atoms with Crippen molar-refractivity contribution in [1.82, 2.24) is 20.0 Å². The zero-order chi connectivity index (χ0) is 22.5. The zero-order valence-corrected chi connectivity index (χ0v) is 19.8. The van der Waals surface area contributed by atoms with Crippen LogP contribution in [0.2, 0.25) is 0 Å². The van der Waals surface area contributed by atoms with E-state index in [9.17, 15) is 4.79 Å². The molecule has 8 heteroatoms. The number of nitrogens with zero attached hydrogens (tertiary/aromatic N) is 5. The first-order valence-corrected chi connectivity index (χ1v) is 12.4. The van der Waals surface area contributed by atoms with Crippen LogP contribution in [0.1, 0.15) is 42.6 Å². The zero-order valence-electron chi connectivity index (χ0n) is 19.0. The molecule has 168 valence electrons. The Hall–Kier alpha value is -2.87. The maximum Gasteiger partial charge on any atom is 0.224 e. The lowest BCUT2D eigenvalue weighted by molar-refractivity contribution is -0.116. The van der Waals surface area contributed by atoms with Gasteiger partial charge in [0.15, 0.2) is 11.6 Å². The molecule has 0 atom stereocenters. The van der Waals surface area contributed by atoms with Crippen LogP contribution in [0.3, 0.4) is 0 Å². The highest BCUT2D eigenvalue weighted by molar-refractivity contribution is 7.98. The van der Waals surface area contributed by atoms with E-state index in [1.54, 1.807) is 11.8 Å². The number of hydrogen-bond acceptors (Lipinski definition) is 6. The number of rotatable bonds is 7. The van der Waals surface area contributed by atoms with Crippen LogP contribution in [0.25, 0.3) is 5.82 Å². The maximum atomic E-state index is 12.5. The average Bonchev–Trinajstić information content (AvgIpc) is 3.11. The number of carbonyl (C=O) groups excluding carboxylic acids is 1.